The molecule has 1 N–H and O–H groups in total. The smallest absolute Gasteiger partial charge is 0.309 e. The van der Waals surface area contributed by atoms with E-state index >= 15 is 0 Å². The fourth-order valence-electron chi connectivity index (χ4n) is 1.54. The number of hydrogen-bond donors (Lipinski definition) is 1. The summed E-state index contributed by atoms with van der Waals surface area (Å²) in [6.07, 6.45) is 0. The van der Waals surface area contributed by atoms with Crippen molar-refractivity contribution in [2.75, 3.05) is 26.7 Å². The number of esters is 1. The Bertz CT molecular complexity index is 254. The first kappa shape index (κ1) is 15.9. The van der Waals surface area contributed by atoms with Gasteiger partial charge in [-0.05, 0) is 20.4 Å². The van der Waals surface area contributed by atoms with Crippen LogP contribution in [0.5, 0.6) is 0 Å². The molecular formula is C12H24N2O3. The van der Waals surface area contributed by atoms with Crippen LogP contribution in [0.25, 0.3) is 0 Å². The fraction of sp³-hybridized carbons (Fsp3) is 0.833. The molecule has 5 nitrogen and oxygen atoms in total. The van der Waals surface area contributed by atoms with Crippen molar-refractivity contribution >= 4 is 11.9 Å². The highest BCUT2D eigenvalue weighted by atomic mass is 16.5. The first-order chi connectivity index (χ1) is 7.90. The minimum Gasteiger partial charge on any atom is -0.469 e. The molecule has 0 fully saturated rings. The second kappa shape index (κ2) is 8.06. The predicted molar refractivity (Wildman–Crippen MR) is 66.6 cm³/mol. The maximum Gasteiger partial charge on any atom is 0.309 e. The van der Waals surface area contributed by atoms with Crippen molar-refractivity contribution in [2.45, 2.75) is 33.7 Å². The molecular weight excluding hydrogens is 220 g/mol. The topological polar surface area (TPSA) is 58.6 Å². The van der Waals surface area contributed by atoms with Crippen LogP contribution < -0.4 is 5.32 Å². The molecule has 0 aromatic carbocycles. The van der Waals surface area contributed by atoms with Crippen molar-refractivity contribution in [1.82, 2.24) is 10.2 Å². The number of nitrogens with one attached hydrogen (secondary N) is 1. The summed E-state index contributed by atoms with van der Waals surface area (Å²) >= 11 is 0. The van der Waals surface area contributed by atoms with E-state index in [4.69, 9.17) is 0 Å². The first-order valence-corrected chi connectivity index (χ1v) is 6.00. The molecule has 0 aromatic heterocycles. The zero-order chi connectivity index (χ0) is 13.4. The summed E-state index contributed by atoms with van der Waals surface area (Å²) in [5, 5.41) is 2.83. The average Bonchev–Trinajstić information content (AvgIpc) is 2.25. The Kier molecular flexibility index (Phi) is 7.54. The zero-order valence-corrected chi connectivity index (χ0v) is 11.4. The number of ether oxygens (including phenoxy) is 1. The molecule has 0 heterocycles. The Labute approximate surface area is 103 Å². The fourth-order valence-corrected chi connectivity index (χ4v) is 1.54. The van der Waals surface area contributed by atoms with E-state index in [0.29, 0.717) is 13.1 Å². The van der Waals surface area contributed by atoms with Crippen molar-refractivity contribution in [3.05, 3.63) is 0 Å². The monoisotopic (exact) mass is 244 g/mol. The lowest BCUT2D eigenvalue weighted by Crippen LogP contribution is -2.42. The van der Waals surface area contributed by atoms with Crippen molar-refractivity contribution in [1.29, 1.82) is 0 Å². The molecule has 0 rings (SSSR count). The van der Waals surface area contributed by atoms with E-state index < -0.39 is 0 Å². The minimum atomic E-state index is -0.243. The van der Waals surface area contributed by atoms with E-state index in [1.165, 1.54) is 7.11 Å². The third kappa shape index (κ3) is 6.94. The van der Waals surface area contributed by atoms with Gasteiger partial charge in [0.15, 0.2) is 0 Å². The van der Waals surface area contributed by atoms with Crippen LogP contribution in [0, 0.1) is 5.92 Å². The van der Waals surface area contributed by atoms with Gasteiger partial charge in [-0.3, -0.25) is 14.5 Å². The molecule has 100 valence electrons. The summed E-state index contributed by atoms with van der Waals surface area (Å²) in [5.41, 5.74) is 0. The summed E-state index contributed by atoms with van der Waals surface area (Å²) in [6, 6.07) is 0.138. The first-order valence-electron chi connectivity index (χ1n) is 6.00. The highest BCUT2D eigenvalue weighted by Gasteiger charge is 2.18. The molecule has 0 aromatic rings. The molecule has 0 spiro atoms. The zero-order valence-electron chi connectivity index (χ0n) is 11.4. The molecule has 0 bridgehead atoms. The van der Waals surface area contributed by atoms with Crippen LogP contribution in [-0.4, -0.2) is 49.6 Å². The molecule has 0 saturated carbocycles. The van der Waals surface area contributed by atoms with Gasteiger partial charge in [0.2, 0.25) is 5.91 Å². The van der Waals surface area contributed by atoms with Crippen LogP contribution in [0.4, 0.5) is 0 Å². The van der Waals surface area contributed by atoms with E-state index in [2.05, 4.69) is 10.1 Å². The van der Waals surface area contributed by atoms with E-state index in [-0.39, 0.29) is 23.8 Å². The van der Waals surface area contributed by atoms with Crippen LogP contribution in [0.15, 0.2) is 0 Å². The second-order valence-electron chi connectivity index (χ2n) is 4.47. The molecule has 0 aliphatic carbocycles. The van der Waals surface area contributed by atoms with Crippen molar-refractivity contribution < 1.29 is 14.3 Å². The van der Waals surface area contributed by atoms with Crippen LogP contribution in [-0.2, 0) is 14.3 Å². The Morgan fingerprint density at radius 3 is 2.29 bits per heavy atom. The molecule has 5 heteroatoms. The molecule has 0 saturated heterocycles. The van der Waals surface area contributed by atoms with Gasteiger partial charge in [-0.2, -0.15) is 0 Å². The lowest BCUT2D eigenvalue weighted by molar-refractivity contribution is -0.145. The number of hydrogen-bond acceptors (Lipinski definition) is 4. The number of nitrogens with zero attached hydrogens (tertiary/aromatic N) is 1. The third-order valence-corrected chi connectivity index (χ3v) is 2.40. The molecule has 0 aliphatic rings. The van der Waals surface area contributed by atoms with E-state index in [0.717, 1.165) is 6.54 Å². The molecule has 17 heavy (non-hydrogen) atoms. The quantitative estimate of drug-likeness (QED) is 0.668. The SMILES string of the molecule is CCN(CC(=O)NC(C)C)CC(C)C(=O)OC. The van der Waals surface area contributed by atoms with Gasteiger partial charge in [-0.1, -0.05) is 13.8 Å². The summed E-state index contributed by atoms with van der Waals surface area (Å²) < 4.78 is 4.66. The molecule has 1 atom stereocenters. The lowest BCUT2D eigenvalue weighted by atomic mass is 10.1. The van der Waals surface area contributed by atoms with Crippen LogP contribution in [0.1, 0.15) is 27.7 Å². The molecule has 0 aliphatic heterocycles. The van der Waals surface area contributed by atoms with Crippen molar-refractivity contribution in [3.8, 4) is 0 Å². The van der Waals surface area contributed by atoms with E-state index in [9.17, 15) is 9.59 Å². The number of rotatable bonds is 7. The summed E-state index contributed by atoms with van der Waals surface area (Å²) in [7, 11) is 1.38. The van der Waals surface area contributed by atoms with Gasteiger partial charge in [-0.25, -0.2) is 0 Å². The molecule has 1 amide bonds. The van der Waals surface area contributed by atoms with E-state index in [1.54, 1.807) is 6.92 Å². The number of carbonyl (C=O) groups excluding carboxylic acids is 2. The predicted octanol–water partition coefficient (Wildman–Crippen LogP) is 0.642. The Morgan fingerprint density at radius 2 is 1.88 bits per heavy atom. The Hall–Kier alpha value is -1.10. The number of carbonyl (C=O) groups is 2. The number of likely N-dealkylation sites (N-methyl/N-ethyl adjacent to an activating group) is 1. The maximum atomic E-state index is 11.6. The molecule has 0 radical (unpaired) electrons. The summed E-state index contributed by atoms with van der Waals surface area (Å²) in [6.45, 7) is 9.19. The van der Waals surface area contributed by atoms with Crippen molar-refractivity contribution in [2.24, 2.45) is 5.92 Å². The van der Waals surface area contributed by atoms with Gasteiger partial charge < -0.3 is 10.1 Å². The lowest BCUT2D eigenvalue weighted by Gasteiger charge is -2.23. The Balaban J connectivity index is 4.16. The summed E-state index contributed by atoms with van der Waals surface area (Å²) in [4.78, 5) is 24.8. The number of methoxy groups -OCH3 is 1. The van der Waals surface area contributed by atoms with Gasteiger partial charge in [0.1, 0.15) is 0 Å². The van der Waals surface area contributed by atoms with Gasteiger partial charge in [0.05, 0.1) is 19.6 Å². The standard InChI is InChI=1S/C12H24N2O3/c1-6-14(7-10(4)12(16)17-5)8-11(15)13-9(2)3/h9-10H,6-8H2,1-5H3,(H,13,15). The third-order valence-electron chi connectivity index (χ3n) is 2.40. The summed E-state index contributed by atoms with van der Waals surface area (Å²) in [5.74, 6) is -0.474. The van der Waals surface area contributed by atoms with Crippen molar-refractivity contribution in [3.63, 3.8) is 0 Å². The Morgan fingerprint density at radius 1 is 1.29 bits per heavy atom. The van der Waals surface area contributed by atoms with Gasteiger partial charge >= 0.3 is 5.97 Å². The largest absolute Gasteiger partial charge is 0.469 e. The normalized spacial score (nSPS) is 12.6. The second-order valence-corrected chi connectivity index (χ2v) is 4.47. The van der Waals surface area contributed by atoms with Gasteiger partial charge in [0.25, 0.3) is 0 Å². The minimum absolute atomic E-state index is 0.0149. The molecule has 1 unspecified atom stereocenters. The highest BCUT2D eigenvalue weighted by molar-refractivity contribution is 5.78. The van der Waals surface area contributed by atoms with Crippen LogP contribution in [0.2, 0.25) is 0 Å². The van der Waals surface area contributed by atoms with E-state index in [1.807, 2.05) is 25.7 Å². The maximum absolute atomic E-state index is 11.6. The van der Waals surface area contributed by atoms with Crippen LogP contribution >= 0.6 is 0 Å². The van der Waals surface area contributed by atoms with Gasteiger partial charge in [-0.15, -0.1) is 0 Å². The highest BCUT2D eigenvalue weighted by Crippen LogP contribution is 2.02. The number of amides is 1. The average molecular weight is 244 g/mol. The van der Waals surface area contributed by atoms with Gasteiger partial charge in [0, 0.05) is 12.6 Å². The van der Waals surface area contributed by atoms with Crippen LogP contribution in [0.3, 0.4) is 0 Å².